The number of rotatable bonds is 3. The molecule has 5 heteroatoms. The highest BCUT2D eigenvalue weighted by Crippen LogP contribution is 2.29. The Morgan fingerprint density at radius 1 is 1.29 bits per heavy atom. The third kappa shape index (κ3) is 1.75. The summed E-state index contributed by atoms with van der Waals surface area (Å²) in [5.41, 5.74) is -0.254. The minimum atomic E-state index is -0.750. The van der Waals surface area contributed by atoms with Gasteiger partial charge < -0.3 is 14.6 Å². The van der Waals surface area contributed by atoms with Gasteiger partial charge in [0.15, 0.2) is 0 Å². The quantitative estimate of drug-likeness (QED) is 0.671. The lowest BCUT2D eigenvalue weighted by Crippen LogP contribution is -2.65. The van der Waals surface area contributed by atoms with Crippen LogP contribution in [0.5, 0.6) is 0 Å². The van der Waals surface area contributed by atoms with Crippen LogP contribution < -0.4 is 0 Å². The Hall–Kier alpha value is -0.650. The highest BCUT2D eigenvalue weighted by atomic mass is 16.5. The Bertz CT molecular complexity index is 221. The van der Waals surface area contributed by atoms with Gasteiger partial charge in [-0.15, -0.1) is 0 Å². The normalized spacial score (nSPS) is 26.9. The summed E-state index contributed by atoms with van der Waals surface area (Å²) in [5, 5.41) is 8.83. The maximum Gasteiger partial charge on any atom is 0.305 e. The Kier molecular flexibility index (Phi) is 2.71. The average Bonchev–Trinajstić information content (AvgIpc) is 2.12. The van der Waals surface area contributed by atoms with Crippen molar-refractivity contribution >= 4 is 5.97 Å². The zero-order valence-corrected chi connectivity index (χ0v) is 8.07. The smallest absolute Gasteiger partial charge is 0.305 e. The van der Waals surface area contributed by atoms with Crippen LogP contribution in [0.1, 0.15) is 6.42 Å². The lowest BCUT2D eigenvalue weighted by Gasteiger charge is -2.50. The van der Waals surface area contributed by atoms with Crippen LogP contribution >= 0.6 is 0 Å². The molecule has 14 heavy (non-hydrogen) atoms. The molecule has 0 aliphatic carbocycles. The van der Waals surface area contributed by atoms with E-state index in [0.29, 0.717) is 26.4 Å². The van der Waals surface area contributed by atoms with E-state index in [2.05, 4.69) is 4.90 Å². The van der Waals surface area contributed by atoms with Crippen molar-refractivity contribution in [3.05, 3.63) is 0 Å². The molecule has 0 bridgehead atoms. The van der Waals surface area contributed by atoms with E-state index < -0.39 is 5.97 Å². The molecule has 2 fully saturated rings. The van der Waals surface area contributed by atoms with Gasteiger partial charge in [-0.05, 0) is 0 Å². The van der Waals surface area contributed by atoms with Crippen LogP contribution in [0.4, 0.5) is 0 Å². The van der Waals surface area contributed by atoms with E-state index in [4.69, 9.17) is 14.6 Å². The lowest BCUT2D eigenvalue weighted by molar-refractivity contribution is -0.176. The second-order valence-electron chi connectivity index (χ2n) is 3.89. The van der Waals surface area contributed by atoms with Gasteiger partial charge >= 0.3 is 5.97 Å². The second kappa shape index (κ2) is 3.84. The average molecular weight is 201 g/mol. The van der Waals surface area contributed by atoms with Crippen molar-refractivity contribution in [1.29, 1.82) is 0 Å². The van der Waals surface area contributed by atoms with Crippen molar-refractivity contribution in [2.45, 2.75) is 12.0 Å². The first kappa shape index (κ1) is 9.89. The van der Waals surface area contributed by atoms with Gasteiger partial charge in [0, 0.05) is 13.1 Å². The Morgan fingerprint density at radius 3 is 2.36 bits per heavy atom. The van der Waals surface area contributed by atoms with Crippen molar-refractivity contribution in [2.24, 2.45) is 0 Å². The maximum atomic E-state index is 10.7. The summed E-state index contributed by atoms with van der Waals surface area (Å²) in [7, 11) is 0. The summed E-state index contributed by atoms with van der Waals surface area (Å²) in [6.45, 7) is 4.11. The molecule has 2 heterocycles. The molecule has 0 aromatic heterocycles. The number of ether oxygens (including phenoxy) is 2. The molecule has 0 radical (unpaired) electrons. The highest BCUT2D eigenvalue weighted by molar-refractivity contribution is 5.68. The zero-order chi connectivity index (χ0) is 10.0. The van der Waals surface area contributed by atoms with E-state index in [0.717, 1.165) is 13.1 Å². The Labute approximate surface area is 82.6 Å². The van der Waals surface area contributed by atoms with Crippen molar-refractivity contribution in [2.75, 3.05) is 39.5 Å². The predicted octanol–water partition coefficient (Wildman–Crippen LogP) is -0.438. The number of nitrogens with zero attached hydrogens (tertiary/aromatic N) is 1. The Balaban J connectivity index is 1.99. The minimum Gasteiger partial charge on any atom is -0.481 e. The summed E-state index contributed by atoms with van der Waals surface area (Å²) in [6.07, 6.45) is 0.174. The van der Waals surface area contributed by atoms with E-state index in [1.54, 1.807) is 0 Å². The molecule has 0 aromatic carbocycles. The van der Waals surface area contributed by atoms with Crippen molar-refractivity contribution < 1.29 is 19.4 Å². The summed E-state index contributed by atoms with van der Waals surface area (Å²) >= 11 is 0. The van der Waals surface area contributed by atoms with Crippen molar-refractivity contribution in [3.8, 4) is 0 Å². The first-order valence-electron chi connectivity index (χ1n) is 4.85. The molecule has 0 saturated carbocycles. The van der Waals surface area contributed by atoms with Crippen LogP contribution in [0.25, 0.3) is 0 Å². The van der Waals surface area contributed by atoms with Crippen LogP contribution in [-0.4, -0.2) is 61.0 Å². The van der Waals surface area contributed by atoms with E-state index >= 15 is 0 Å². The second-order valence-corrected chi connectivity index (χ2v) is 3.89. The number of aliphatic carboxylic acids is 1. The standard InChI is InChI=1S/C9H15NO4/c11-8(12)5-9(6-14-7-9)10-1-3-13-4-2-10/h1-7H2,(H,11,12). The van der Waals surface area contributed by atoms with Gasteiger partial charge in [-0.1, -0.05) is 0 Å². The molecular weight excluding hydrogens is 186 g/mol. The van der Waals surface area contributed by atoms with E-state index in [1.807, 2.05) is 0 Å². The number of morpholine rings is 1. The van der Waals surface area contributed by atoms with Gasteiger partial charge in [-0.2, -0.15) is 0 Å². The zero-order valence-electron chi connectivity index (χ0n) is 8.07. The molecule has 80 valence electrons. The number of hydrogen-bond acceptors (Lipinski definition) is 4. The summed E-state index contributed by atoms with van der Waals surface area (Å²) < 4.78 is 10.4. The van der Waals surface area contributed by atoms with Gasteiger partial charge in [-0.3, -0.25) is 9.69 Å². The molecule has 2 rings (SSSR count). The van der Waals surface area contributed by atoms with Gasteiger partial charge in [-0.25, -0.2) is 0 Å². The molecule has 0 amide bonds. The molecule has 1 N–H and O–H groups in total. The van der Waals surface area contributed by atoms with Crippen LogP contribution in [0.2, 0.25) is 0 Å². The first-order valence-corrected chi connectivity index (χ1v) is 4.85. The molecule has 5 nitrogen and oxygen atoms in total. The third-order valence-electron chi connectivity index (χ3n) is 2.90. The molecule has 0 spiro atoms. The number of carboxylic acids is 1. The highest BCUT2D eigenvalue weighted by Gasteiger charge is 2.46. The maximum absolute atomic E-state index is 10.7. The molecule has 2 saturated heterocycles. The summed E-state index contributed by atoms with van der Waals surface area (Å²) in [6, 6.07) is 0. The summed E-state index contributed by atoms with van der Waals surface area (Å²) in [4.78, 5) is 12.9. The SMILES string of the molecule is O=C(O)CC1(N2CCOCC2)COC1. The largest absolute Gasteiger partial charge is 0.481 e. The third-order valence-corrected chi connectivity index (χ3v) is 2.90. The Morgan fingerprint density at radius 2 is 1.93 bits per heavy atom. The minimum absolute atomic E-state index is 0.174. The van der Waals surface area contributed by atoms with Gasteiger partial charge in [0.1, 0.15) is 0 Å². The topological polar surface area (TPSA) is 59.0 Å². The molecular formula is C9H15NO4. The van der Waals surface area contributed by atoms with Crippen LogP contribution in [0, 0.1) is 0 Å². The van der Waals surface area contributed by atoms with Gasteiger partial charge in [0.05, 0.1) is 38.4 Å². The van der Waals surface area contributed by atoms with Gasteiger partial charge in [0.25, 0.3) is 0 Å². The number of hydrogen-bond donors (Lipinski definition) is 1. The number of carboxylic acid groups (broad SMARTS) is 1. The predicted molar refractivity (Wildman–Crippen MR) is 48.2 cm³/mol. The lowest BCUT2D eigenvalue weighted by atomic mass is 9.90. The van der Waals surface area contributed by atoms with Crippen LogP contribution in [-0.2, 0) is 14.3 Å². The molecule has 2 aliphatic rings. The number of carbonyl (C=O) groups is 1. The van der Waals surface area contributed by atoms with Crippen LogP contribution in [0.3, 0.4) is 0 Å². The van der Waals surface area contributed by atoms with Crippen molar-refractivity contribution in [1.82, 2.24) is 4.90 Å². The fraction of sp³-hybridized carbons (Fsp3) is 0.889. The fourth-order valence-electron chi connectivity index (χ4n) is 2.05. The van der Waals surface area contributed by atoms with E-state index in [-0.39, 0.29) is 12.0 Å². The molecule has 2 aliphatic heterocycles. The van der Waals surface area contributed by atoms with Crippen molar-refractivity contribution in [3.63, 3.8) is 0 Å². The summed E-state index contributed by atoms with van der Waals surface area (Å²) in [5.74, 6) is -0.750. The molecule has 0 unspecified atom stereocenters. The monoisotopic (exact) mass is 201 g/mol. The molecule has 0 aromatic rings. The van der Waals surface area contributed by atoms with E-state index in [1.165, 1.54) is 0 Å². The van der Waals surface area contributed by atoms with Gasteiger partial charge in [0.2, 0.25) is 0 Å². The van der Waals surface area contributed by atoms with Crippen LogP contribution in [0.15, 0.2) is 0 Å². The van der Waals surface area contributed by atoms with E-state index in [9.17, 15) is 4.79 Å². The fourth-order valence-corrected chi connectivity index (χ4v) is 2.05. The molecule has 0 atom stereocenters. The first-order chi connectivity index (χ1) is 6.73.